The second-order valence-electron chi connectivity index (χ2n) is 15.3. The minimum absolute atomic E-state index is 0.0557. The van der Waals surface area contributed by atoms with E-state index in [2.05, 4.69) is 97.7 Å². The van der Waals surface area contributed by atoms with Crippen molar-refractivity contribution >= 4 is 23.8 Å². The molecule has 0 bridgehead atoms. The lowest BCUT2D eigenvalue weighted by Crippen LogP contribution is -2.21. The van der Waals surface area contributed by atoms with E-state index in [1.54, 1.807) is 12.4 Å². The van der Waals surface area contributed by atoms with Crippen molar-refractivity contribution in [3.63, 3.8) is 0 Å². The Morgan fingerprint density at radius 3 is 1.09 bits per heavy atom. The third kappa shape index (κ3) is 19.9. The number of allylic oxidation sites excluding steroid dienone is 2. The van der Waals surface area contributed by atoms with Crippen LogP contribution in [0.1, 0.15) is 181 Å². The molecule has 58 heavy (non-hydrogen) atoms. The van der Waals surface area contributed by atoms with Crippen LogP contribution >= 0.6 is 0 Å². The lowest BCUT2D eigenvalue weighted by Gasteiger charge is -2.22. The molecule has 8 heteroatoms. The van der Waals surface area contributed by atoms with Crippen LogP contribution < -0.4 is 19.3 Å². The van der Waals surface area contributed by atoms with Gasteiger partial charge in [0.1, 0.15) is 23.6 Å². The van der Waals surface area contributed by atoms with E-state index in [0.29, 0.717) is 13.2 Å². The molecule has 0 saturated carbocycles. The summed E-state index contributed by atoms with van der Waals surface area (Å²) in [5.41, 5.74) is 3.56. The van der Waals surface area contributed by atoms with Gasteiger partial charge in [-0.3, -0.25) is 0 Å². The highest BCUT2D eigenvalue weighted by Gasteiger charge is 2.12. The Morgan fingerprint density at radius 2 is 0.793 bits per heavy atom. The fourth-order valence-corrected chi connectivity index (χ4v) is 7.18. The van der Waals surface area contributed by atoms with Gasteiger partial charge < -0.3 is 19.3 Å². The van der Waals surface area contributed by atoms with Crippen molar-refractivity contribution < 1.29 is 9.47 Å². The van der Waals surface area contributed by atoms with E-state index in [4.69, 9.17) is 9.47 Å². The largest absolute Gasteiger partial charge is 0.493 e. The topological polar surface area (TPSA) is 97.2 Å². The van der Waals surface area contributed by atoms with E-state index in [1.165, 1.54) is 103 Å². The summed E-state index contributed by atoms with van der Waals surface area (Å²) in [6.07, 6.45) is 28.5. The van der Waals surface area contributed by atoms with Gasteiger partial charge in [0.2, 0.25) is 0 Å². The molecule has 2 aromatic carbocycles. The summed E-state index contributed by atoms with van der Waals surface area (Å²) in [5, 5.41) is 20.3. The van der Waals surface area contributed by atoms with Crippen LogP contribution in [0.2, 0.25) is 0 Å². The summed E-state index contributed by atoms with van der Waals surface area (Å²) < 4.78 is 12.7. The van der Waals surface area contributed by atoms with Crippen LogP contribution in [-0.4, -0.2) is 51.8 Å². The molecule has 0 spiro atoms. The molecule has 2 rings (SSSR count). The number of rotatable bonds is 34. The van der Waals surface area contributed by atoms with Crippen LogP contribution in [0.25, 0.3) is 0 Å². The van der Waals surface area contributed by atoms with Gasteiger partial charge in [-0.15, -0.1) is 0 Å². The Hall–Kier alpha value is -4.30. The Balaban J connectivity index is 2.18. The Bertz CT molecular complexity index is 1450. The highest BCUT2D eigenvalue weighted by molar-refractivity contribution is 5.87. The molecule has 0 heterocycles. The van der Waals surface area contributed by atoms with Gasteiger partial charge in [0.25, 0.3) is 0 Å². The summed E-state index contributed by atoms with van der Waals surface area (Å²) in [5.74, 6) is 1.45. The monoisotopic (exact) mass is 795 g/mol. The maximum absolute atomic E-state index is 10.1. The number of hydrogen-bond donors (Lipinski definition) is 0. The summed E-state index contributed by atoms with van der Waals surface area (Å²) in [7, 11) is 0. The van der Waals surface area contributed by atoms with Gasteiger partial charge in [-0.25, -0.2) is 9.98 Å². The number of nitrogens with zero attached hydrogens (tertiary/aromatic N) is 6. The molecule has 0 fully saturated rings. The average Bonchev–Trinajstić information content (AvgIpc) is 3.24. The SMILES string of the molecule is CCCCCCCCCCCCOc1cc(N(CC)CC)ccc1C=N/C(C#N)=C(\C#N)N=Cc1ccc(N(CC)CC)cc1OCCCCCCCCCCCC. The van der Waals surface area contributed by atoms with Gasteiger partial charge in [0, 0.05) is 73.2 Å². The van der Waals surface area contributed by atoms with Gasteiger partial charge in [0.05, 0.1) is 13.2 Å². The predicted octanol–water partition coefficient (Wildman–Crippen LogP) is 13.8. The average molecular weight is 795 g/mol. The smallest absolute Gasteiger partial charge is 0.176 e. The molecule has 0 aliphatic rings. The van der Waals surface area contributed by atoms with Crippen molar-refractivity contribution in [3.8, 4) is 23.6 Å². The fraction of sp³-hybridized carbons (Fsp3) is 0.640. The van der Waals surface area contributed by atoms with Crippen molar-refractivity contribution in [1.29, 1.82) is 10.5 Å². The summed E-state index contributed by atoms with van der Waals surface area (Å²) in [6.45, 7) is 17.9. The molecule has 0 amide bonds. The van der Waals surface area contributed by atoms with Crippen LogP contribution in [0.3, 0.4) is 0 Å². The first-order valence-corrected chi connectivity index (χ1v) is 23.2. The minimum Gasteiger partial charge on any atom is -0.493 e. The highest BCUT2D eigenvalue weighted by atomic mass is 16.5. The first kappa shape index (κ1) is 49.8. The van der Waals surface area contributed by atoms with Crippen molar-refractivity contribution in [2.24, 2.45) is 9.98 Å². The molecule has 320 valence electrons. The molecule has 0 unspecified atom stereocenters. The van der Waals surface area contributed by atoms with Gasteiger partial charge in [-0.2, -0.15) is 10.5 Å². The zero-order valence-electron chi connectivity index (χ0n) is 37.5. The molecule has 2 aromatic rings. The van der Waals surface area contributed by atoms with Gasteiger partial charge in [-0.05, 0) is 64.8 Å². The summed E-state index contributed by atoms with van der Waals surface area (Å²) in [4.78, 5) is 13.5. The third-order valence-electron chi connectivity index (χ3n) is 10.9. The van der Waals surface area contributed by atoms with Crippen LogP contribution in [0, 0.1) is 22.7 Å². The van der Waals surface area contributed by atoms with E-state index in [0.717, 1.165) is 85.9 Å². The number of nitriles is 2. The lowest BCUT2D eigenvalue weighted by molar-refractivity contribution is 0.304. The standard InChI is InChI=1S/C50H78N6O2/c1-7-13-15-17-19-21-23-25-27-29-35-57-49-37-45(55(9-3)10-4)33-31-43(49)41-53-47(39-51)48(40-52)54-42-44-32-34-46(56(11-5)12-6)38-50(44)58-36-30-28-26-24-22-20-18-16-14-8-2/h31-34,37-38,41-42H,7-30,35-36H2,1-6H3/b48-47+,53-41?,54-42?. The van der Waals surface area contributed by atoms with Crippen molar-refractivity contribution in [1.82, 2.24) is 0 Å². The summed E-state index contributed by atoms with van der Waals surface area (Å²) in [6, 6.07) is 16.4. The first-order chi connectivity index (χ1) is 28.5. The van der Waals surface area contributed by atoms with Crippen molar-refractivity contribution in [2.75, 3.05) is 49.2 Å². The van der Waals surface area contributed by atoms with Crippen LogP contribution in [0.15, 0.2) is 57.8 Å². The molecule has 0 saturated heterocycles. The zero-order valence-corrected chi connectivity index (χ0v) is 37.5. The number of benzene rings is 2. The quantitative estimate of drug-likeness (QED) is 0.0397. The number of aliphatic imine (C=N–C) groups is 2. The van der Waals surface area contributed by atoms with Crippen molar-refractivity contribution in [2.45, 2.75) is 170 Å². The Kier molecular flexibility index (Phi) is 28.0. The van der Waals surface area contributed by atoms with E-state index >= 15 is 0 Å². The van der Waals surface area contributed by atoms with E-state index in [1.807, 2.05) is 12.1 Å². The lowest BCUT2D eigenvalue weighted by atomic mass is 10.1. The maximum atomic E-state index is 10.1. The maximum Gasteiger partial charge on any atom is 0.176 e. The summed E-state index contributed by atoms with van der Waals surface area (Å²) >= 11 is 0. The Morgan fingerprint density at radius 1 is 0.483 bits per heavy atom. The van der Waals surface area contributed by atoms with Crippen LogP contribution in [0.5, 0.6) is 11.5 Å². The van der Waals surface area contributed by atoms with Crippen LogP contribution in [0.4, 0.5) is 11.4 Å². The molecule has 8 nitrogen and oxygen atoms in total. The molecule has 0 aliphatic carbocycles. The number of ether oxygens (including phenoxy) is 2. The number of hydrogen-bond acceptors (Lipinski definition) is 8. The number of unbranched alkanes of at least 4 members (excludes halogenated alkanes) is 18. The molecular formula is C50H78N6O2. The number of anilines is 2. The second kappa shape index (κ2) is 32.6. The van der Waals surface area contributed by atoms with Gasteiger partial charge in [-0.1, -0.05) is 129 Å². The predicted molar refractivity (Wildman–Crippen MR) is 248 cm³/mol. The minimum atomic E-state index is -0.0557. The van der Waals surface area contributed by atoms with Gasteiger partial charge >= 0.3 is 0 Å². The highest BCUT2D eigenvalue weighted by Crippen LogP contribution is 2.28. The normalized spacial score (nSPS) is 11.8. The molecule has 0 radical (unpaired) electrons. The zero-order chi connectivity index (χ0) is 42.1. The van der Waals surface area contributed by atoms with Crippen LogP contribution in [-0.2, 0) is 0 Å². The van der Waals surface area contributed by atoms with E-state index < -0.39 is 0 Å². The molecular weight excluding hydrogens is 717 g/mol. The molecule has 0 atom stereocenters. The van der Waals surface area contributed by atoms with E-state index in [9.17, 15) is 10.5 Å². The van der Waals surface area contributed by atoms with Gasteiger partial charge in [0.15, 0.2) is 11.4 Å². The molecule has 0 N–H and O–H groups in total. The third-order valence-corrected chi connectivity index (χ3v) is 10.9. The van der Waals surface area contributed by atoms with Crippen molar-refractivity contribution in [3.05, 3.63) is 58.9 Å². The first-order valence-electron chi connectivity index (χ1n) is 23.2. The second-order valence-corrected chi connectivity index (χ2v) is 15.3. The molecule has 0 aliphatic heterocycles. The fourth-order valence-electron chi connectivity index (χ4n) is 7.18. The van der Waals surface area contributed by atoms with E-state index in [-0.39, 0.29) is 11.4 Å². The molecule has 0 aromatic heterocycles. The Labute approximate surface area is 354 Å².